The highest BCUT2D eigenvalue weighted by Crippen LogP contribution is 2.30. The Kier molecular flexibility index (Phi) is 6.02. The number of piperazine rings is 1. The molecule has 28 heavy (non-hydrogen) atoms. The number of carbonyl (C=O) groups excluding carboxylic acids is 1. The molecule has 1 aliphatic carbocycles. The Hall–Kier alpha value is -1.85. The Morgan fingerprint density at radius 2 is 1.75 bits per heavy atom. The van der Waals surface area contributed by atoms with Crippen molar-refractivity contribution in [1.82, 2.24) is 4.90 Å². The molecule has 1 N–H and O–H groups in total. The van der Waals surface area contributed by atoms with E-state index in [1.54, 1.807) is 11.3 Å². The summed E-state index contributed by atoms with van der Waals surface area (Å²) in [4.78, 5) is 19.9. The van der Waals surface area contributed by atoms with Crippen molar-refractivity contribution < 1.29 is 4.79 Å². The minimum absolute atomic E-state index is 0.0344. The number of fused-ring (bicyclic) bond motifs is 1. The number of aryl methyl sites for hydroxylation is 3. The first-order valence-electron chi connectivity index (χ1n) is 10.6. The number of thiophene rings is 1. The lowest BCUT2D eigenvalue weighted by molar-refractivity contribution is 0.103. The van der Waals surface area contributed by atoms with Gasteiger partial charge in [-0.3, -0.25) is 4.79 Å². The average molecular weight is 398 g/mol. The highest BCUT2D eigenvalue weighted by Gasteiger charge is 2.18. The minimum atomic E-state index is 0.0344. The molecule has 0 radical (unpaired) electrons. The van der Waals surface area contributed by atoms with Gasteiger partial charge in [-0.1, -0.05) is 12.8 Å². The molecule has 4 nitrogen and oxygen atoms in total. The van der Waals surface area contributed by atoms with Crippen LogP contribution in [0.5, 0.6) is 0 Å². The minimum Gasteiger partial charge on any atom is -0.369 e. The van der Waals surface area contributed by atoms with Crippen molar-refractivity contribution in [2.24, 2.45) is 0 Å². The molecule has 0 unspecified atom stereocenters. The topological polar surface area (TPSA) is 35.6 Å². The van der Waals surface area contributed by atoms with Crippen molar-refractivity contribution in [3.05, 3.63) is 45.1 Å². The third-order valence-electron chi connectivity index (χ3n) is 6.05. The van der Waals surface area contributed by atoms with Crippen LogP contribution in [0.4, 0.5) is 11.4 Å². The van der Waals surface area contributed by atoms with Crippen LogP contribution in [0, 0.1) is 6.92 Å². The van der Waals surface area contributed by atoms with Gasteiger partial charge in [0.1, 0.15) is 0 Å². The van der Waals surface area contributed by atoms with E-state index in [0.717, 1.165) is 55.1 Å². The first-order valence-corrected chi connectivity index (χ1v) is 11.4. The van der Waals surface area contributed by atoms with Crippen molar-refractivity contribution in [2.75, 3.05) is 43.4 Å². The number of anilines is 2. The van der Waals surface area contributed by atoms with E-state index in [9.17, 15) is 4.79 Å². The van der Waals surface area contributed by atoms with E-state index in [4.69, 9.17) is 0 Å². The van der Waals surface area contributed by atoms with Crippen LogP contribution < -0.4 is 10.2 Å². The third-order valence-corrected chi connectivity index (χ3v) is 7.28. The van der Waals surface area contributed by atoms with E-state index in [0.29, 0.717) is 0 Å². The predicted molar refractivity (Wildman–Crippen MR) is 119 cm³/mol. The zero-order chi connectivity index (χ0) is 19.5. The van der Waals surface area contributed by atoms with E-state index in [1.807, 2.05) is 0 Å². The molecular weight excluding hydrogens is 366 g/mol. The molecule has 1 aliphatic heterocycles. The molecule has 0 spiro atoms. The zero-order valence-corrected chi connectivity index (χ0v) is 17.9. The van der Waals surface area contributed by atoms with Gasteiger partial charge in [-0.05, 0) is 75.0 Å². The van der Waals surface area contributed by atoms with Crippen LogP contribution in [-0.2, 0) is 12.8 Å². The SMILES string of the molecule is Cc1cc(N2CCN(C)CC2)ccc1NC(=O)c1cc2c(s1)CCCCCC2. The number of hydrogen-bond acceptors (Lipinski definition) is 4. The Balaban J connectivity index is 1.45. The highest BCUT2D eigenvalue weighted by atomic mass is 32.1. The number of benzene rings is 1. The van der Waals surface area contributed by atoms with Gasteiger partial charge >= 0.3 is 0 Å². The van der Waals surface area contributed by atoms with Gasteiger partial charge in [0.25, 0.3) is 5.91 Å². The molecule has 0 bridgehead atoms. The Morgan fingerprint density at radius 1 is 1.00 bits per heavy atom. The quantitative estimate of drug-likeness (QED) is 0.814. The number of nitrogens with zero attached hydrogens (tertiary/aromatic N) is 2. The Morgan fingerprint density at radius 3 is 2.50 bits per heavy atom. The van der Waals surface area contributed by atoms with Gasteiger partial charge in [-0.2, -0.15) is 0 Å². The highest BCUT2D eigenvalue weighted by molar-refractivity contribution is 7.14. The first kappa shape index (κ1) is 19.5. The van der Waals surface area contributed by atoms with Gasteiger partial charge in [0, 0.05) is 42.4 Å². The summed E-state index contributed by atoms with van der Waals surface area (Å²) in [5.41, 5.74) is 4.70. The summed E-state index contributed by atoms with van der Waals surface area (Å²) in [6.07, 6.45) is 7.39. The monoisotopic (exact) mass is 397 g/mol. The van der Waals surface area contributed by atoms with E-state index in [2.05, 4.69) is 53.4 Å². The molecule has 0 saturated carbocycles. The maximum Gasteiger partial charge on any atom is 0.265 e. The fourth-order valence-corrected chi connectivity index (χ4v) is 5.34. The predicted octanol–water partition coefficient (Wildman–Crippen LogP) is 4.72. The molecule has 4 rings (SSSR count). The summed E-state index contributed by atoms with van der Waals surface area (Å²) < 4.78 is 0. The van der Waals surface area contributed by atoms with Crippen molar-refractivity contribution in [3.8, 4) is 0 Å². The van der Waals surface area contributed by atoms with Crippen LogP contribution in [0.2, 0.25) is 0 Å². The van der Waals surface area contributed by atoms with Crippen LogP contribution in [0.3, 0.4) is 0 Å². The summed E-state index contributed by atoms with van der Waals surface area (Å²) in [5.74, 6) is 0.0344. The lowest BCUT2D eigenvalue weighted by Gasteiger charge is -2.34. The third kappa shape index (κ3) is 4.41. The Labute approximate surface area is 172 Å². The molecule has 2 heterocycles. The van der Waals surface area contributed by atoms with Crippen molar-refractivity contribution in [3.63, 3.8) is 0 Å². The number of likely N-dealkylation sites (N-methyl/N-ethyl adjacent to an activating group) is 1. The number of amides is 1. The smallest absolute Gasteiger partial charge is 0.265 e. The summed E-state index contributed by atoms with van der Waals surface area (Å²) in [7, 11) is 2.17. The van der Waals surface area contributed by atoms with Crippen LogP contribution in [0.25, 0.3) is 0 Å². The summed E-state index contributed by atoms with van der Waals surface area (Å²) in [5, 5.41) is 3.15. The number of hydrogen-bond donors (Lipinski definition) is 1. The van der Waals surface area contributed by atoms with E-state index < -0.39 is 0 Å². The molecule has 2 aliphatic rings. The van der Waals surface area contributed by atoms with Gasteiger partial charge in [-0.25, -0.2) is 0 Å². The normalized spacial score (nSPS) is 18.3. The van der Waals surface area contributed by atoms with Crippen LogP contribution in [0.1, 0.15) is 51.4 Å². The maximum absolute atomic E-state index is 12.9. The fraction of sp³-hybridized carbons (Fsp3) is 0.522. The van der Waals surface area contributed by atoms with Crippen LogP contribution >= 0.6 is 11.3 Å². The molecular formula is C23H31N3OS. The van der Waals surface area contributed by atoms with Crippen molar-refractivity contribution in [1.29, 1.82) is 0 Å². The molecule has 1 aromatic heterocycles. The van der Waals surface area contributed by atoms with Gasteiger partial charge in [0.15, 0.2) is 0 Å². The van der Waals surface area contributed by atoms with E-state index >= 15 is 0 Å². The van der Waals surface area contributed by atoms with Gasteiger partial charge in [0.05, 0.1) is 4.88 Å². The Bertz CT molecular complexity index is 811. The number of rotatable bonds is 3. The molecule has 5 heteroatoms. The second-order valence-electron chi connectivity index (χ2n) is 8.22. The molecule has 150 valence electrons. The molecule has 1 amide bonds. The zero-order valence-electron chi connectivity index (χ0n) is 17.1. The summed E-state index contributed by atoms with van der Waals surface area (Å²) >= 11 is 1.69. The average Bonchev–Trinajstić information content (AvgIpc) is 3.06. The standard InChI is InChI=1S/C23H31N3OS/c1-17-15-19(26-13-11-25(2)12-14-26)9-10-20(17)24-23(27)22-16-18-7-5-3-4-6-8-21(18)28-22/h9-10,15-16H,3-8,11-14H2,1-2H3,(H,24,27). The van der Waals surface area contributed by atoms with Crippen molar-refractivity contribution in [2.45, 2.75) is 45.4 Å². The number of carbonyl (C=O) groups is 1. The van der Waals surface area contributed by atoms with Crippen molar-refractivity contribution >= 4 is 28.6 Å². The molecule has 1 aromatic carbocycles. The van der Waals surface area contributed by atoms with E-state index in [-0.39, 0.29) is 5.91 Å². The van der Waals surface area contributed by atoms with E-state index in [1.165, 1.54) is 41.8 Å². The van der Waals surface area contributed by atoms with Crippen LogP contribution in [0.15, 0.2) is 24.3 Å². The second-order valence-corrected chi connectivity index (χ2v) is 9.35. The van der Waals surface area contributed by atoms with Gasteiger partial charge in [0.2, 0.25) is 0 Å². The summed E-state index contributed by atoms with van der Waals surface area (Å²) in [6.45, 7) is 6.40. The van der Waals surface area contributed by atoms with Gasteiger partial charge < -0.3 is 15.1 Å². The second kappa shape index (κ2) is 8.66. The lowest BCUT2D eigenvalue weighted by atomic mass is 10.00. The van der Waals surface area contributed by atoms with Crippen LogP contribution in [-0.4, -0.2) is 44.0 Å². The molecule has 2 aromatic rings. The molecule has 1 saturated heterocycles. The largest absolute Gasteiger partial charge is 0.369 e. The summed E-state index contributed by atoms with van der Waals surface area (Å²) in [6, 6.07) is 8.54. The maximum atomic E-state index is 12.9. The fourth-order valence-electron chi connectivity index (χ4n) is 4.19. The molecule has 1 fully saturated rings. The lowest BCUT2D eigenvalue weighted by Crippen LogP contribution is -2.44. The van der Waals surface area contributed by atoms with Gasteiger partial charge in [-0.15, -0.1) is 11.3 Å². The molecule has 0 atom stereocenters. The first-order chi connectivity index (χ1) is 13.6. The number of nitrogens with one attached hydrogen (secondary N) is 1.